The van der Waals surface area contributed by atoms with E-state index in [1.807, 2.05) is 0 Å². The summed E-state index contributed by atoms with van der Waals surface area (Å²) in [6.45, 7) is 3.07. The molecule has 6 heteroatoms. The molecule has 2 aliphatic heterocycles. The van der Waals surface area contributed by atoms with E-state index in [1.165, 1.54) is 0 Å². The molecule has 2 fully saturated rings. The van der Waals surface area contributed by atoms with Crippen molar-refractivity contribution in [2.45, 2.75) is 38.3 Å². The fourth-order valence-electron chi connectivity index (χ4n) is 2.97. The van der Waals surface area contributed by atoms with Crippen LogP contribution in [0.3, 0.4) is 0 Å². The first-order valence-electron chi connectivity index (χ1n) is 6.46. The van der Waals surface area contributed by atoms with Crippen LogP contribution < -0.4 is 5.32 Å². The molecule has 1 N–H and O–H groups in total. The van der Waals surface area contributed by atoms with Crippen LogP contribution in [0.1, 0.15) is 32.1 Å². The molecule has 0 radical (unpaired) electrons. The van der Waals surface area contributed by atoms with E-state index in [0.29, 0.717) is 13.1 Å². The van der Waals surface area contributed by atoms with E-state index >= 15 is 0 Å². The minimum Gasteiger partial charge on any atom is -0.342 e. The summed E-state index contributed by atoms with van der Waals surface area (Å²) in [5.74, 6) is -0.349. The fraction of sp³-hybridized carbons (Fsp3) is 0.917. The van der Waals surface area contributed by atoms with Gasteiger partial charge in [0, 0.05) is 31.5 Å². The maximum Gasteiger partial charge on any atom is 0.389 e. The quantitative estimate of drug-likeness (QED) is 0.826. The Kier molecular flexibility index (Phi) is 3.84. The highest BCUT2D eigenvalue weighted by Crippen LogP contribution is 2.36. The summed E-state index contributed by atoms with van der Waals surface area (Å²) >= 11 is 0. The standard InChI is InChI=1S/C12H19F3N2O/c13-12(14,15)4-2-10(18)17-7-1-3-11(9-17)5-6-16-8-11/h16H,1-9H2. The number of nitrogens with one attached hydrogen (secondary N) is 1. The molecule has 2 rings (SSSR count). The number of nitrogens with zero attached hydrogens (tertiary/aromatic N) is 1. The predicted octanol–water partition coefficient (Wildman–Crippen LogP) is 1.93. The first kappa shape index (κ1) is 13.6. The zero-order valence-corrected chi connectivity index (χ0v) is 10.4. The van der Waals surface area contributed by atoms with E-state index in [4.69, 9.17) is 0 Å². The molecule has 1 unspecified atom stereocenters. The minimum absolute atomic E-state index is 0.117. The van der Waals surface area contributed by atoms with E-state index in [-0.39, 0.29) is 11.3 Å². The summed E-state index contributed by atoms with van der Waals surface area (Å²) in [6.07, 6.45) is -2.66. The van der Waals surface area contributed by atoms with Crippen molar-refractivity contribution in [1.29, 1.82) is 0 Å². The average Bonchev–Trinajstić information content (AvgIpc) is 2.73. The van der Waals surface area contributed by atoms with Gasteiger partial charge in [-0.15, -0.1) is 0 Å². The van der Waals surface area contributed by atoms with Crippen molar-refractivity contribution in [2.24, 2.45) is 5.41 Å². The van der Waals surface area contributed by atoms with Gasteiger partial charge in [0.05, 0.1) is 6.42 Å². The van der Waals surface area contributed by atoms with E-state index in [9.17, 15) is 18.0 Å². The number of hydrogen-bond donors (Lipinski definition) is 1. The number of piperidine rings is 1. The summed E-state index contributed by atoms with van der Waals surface area (Å²) in [5.41, 5.74) is 0.117. The van der Waals surface area contributed by atoms with Gasteiger partial charge < -0.3 is 10.2 Å². The normalized spacial score (nSPS) is 28.9. The molecule has 2 saturated heterocycles. The number of rotatable bonds is 2. The van der Waals surface area contributed by atoms with Crippen LogP contribution in [-0.2, 0) is 4.79 Å². The van der Waals surface area contributed by atoms with Crippen molar-refractivity contribution in [2.75, 3.05) is 26.2 Å². The zero-order chi connectivity index (χ0) is 13.2. The number of carbonyl (C=O) groups is 1. The number of alkyl halides is 3. The van der Waals surface area contributed by atoms with Crippen molar-refractivity contribution in [3.8, 4) is 0 Å². The molecular formula is C12H19F3N2O. The van der Waals surface area contributed by atoms with Crippen LogP contribution in [0, 0.1) is 5.41 Å². The van der Waals surface area contributed by atoms with Crippen molar-refractivity contribution < 1.29 is 18.0 Å². The maximum absolute atomic E-state index is 12.1. The van der Waals surface area contributed by atoms with Crippen LogP contribution in [0.2, 0.25) is 0 Å². The number of halogens is 3. The smallest absolute Gasteiger partial charge is 0.342 e. The van der Waals surface area contributed by atoms with E-state index in [2.05, 4.69) is 5.32 Å². The molecule has 0 aromatic heterocycles. The molecule has 0 aromatic rings. The van der Waals surface area contributed by atoms with Crippen LogP contribution in [0.25, 0.3) is 0 Å². The van der Waals surface area contributed by atoms with Gasteiger partial charge in [-0.05, 0) is 25.8 Å². The molecular weight excluding hydrogens is 245 g/mol. The van der Waals surface area contributed by atoms with Gasteiger partial charge in [0.15, 0.2) is 0 Å². The monoisotopic (exact) mass is 264 g/mol. The molecule has 1 spiro atoms. The Balaban J connectivity index is 1.86. The lowest BCUT2D eigenvalue weighted by atomic mass is 9.79. The van der Waals surface area contributed by atoms with Crippen LogP contribution in [0.15, 0.2) is 0 Å². The molecule has 104 valence electrons. The lowest BCUT2D eigenvalue weighted by molar-refractivity contribution is -0.150. The van der Waals surface area contributed by atoms with Crippen molar-refractivity contribution >= 4 is 5.91 Å². The fourth-order valence-corrected chi connectivity index (χ4v) is 2.97. The van der Waals surface area contributed by atoms with Crippen molar-refractivity contribution in [3.63, 3.8) is 0 Å². The number of carbonyl (C=O) groups excluding carboxylic acids is 1. The van der Waals surface area contributed by atoms with Crippen molar-refractivity contribution in [3.05, 3.63) is 0 Å². The molecule has 2 heterocycles. The molecule has 0 bridgehead atoms. The maximum atomic E-state index is 12.1. The molecule has 0 saturated carbocycles. The van der Waals surface area contributed by atoms with Gasteiger partial charge in [-0.25, -0.2) is 0 Å². The van der Waals surface area contributed by atoms with Crippen LogP contribution >= 0.6 is 0 Å². The molecule has 3 nitrogen and oxygen atoms in total. The SMILES string of the molecule is O=C(CCC(F)(F)F)N1CCCC2(CCNC2)C1. The molecule has 0 aliphatic carbocycles. The number of hydrogen-bond acceptors (Lipinski definition) is 2. The first-order valence-corrected chi connectivity index (χ1v) is 6.46. The summed E-state index contributed by atoms with van der Waals surface area (Å²) < 4.78 is 36.3. The summed E-state index contributed by atoms with van der Waals surface area (Å²) in [6, 6.07) is 0. The molecule has 0 aromatic carbocycles. The first-order chi connectivity index (χ1) is 8.40. The van der Waals surface area contributed by atoms with Gasteiger partial charge in [0.25, 0.3) is 0 Å². The Morgan fingerprint density at radius 2 is 2.11 bits per heavy atom. The zero-order valence-electron chi connectivity index (χ0n) is 10.4. The van der Waals surface area contributed by atoms with E-state index in [0.717, 1.165) is 32.4 Å². The van der Waals surface area contributed by atoms with Gasteiger partial charge in [-0.2, -0.15) is 13.2 Å². The summed E-state index contributed by atoms with van der Waals surface area (Å²) in [5, 5.41) is 3.28. The van der Waals surface area contributed by atoms with Gasteiger partial charge >= 0.3 is 6.18 Å². The molecule has 2 aliphatic rings. The van der Waals surface area contributed by atoms with E-state index < -0.39 is 19.0 Å². The average molecular weight is 264 g/mol. The Morgan fingerprint density at radius 1 is 1.33 bits per heavy atom. The number of amides is 1. The Bertz CT molecular complexity index is 311. The third kappa shape index (κ3) is 3.37. The molecule has 1 atom stereocenters. The third-order valence-corrected chi connectivity index (χ3v) is 3.97. The lowest BCUT2D eigenvalue weighted by Crippen LogP contribution is -2.47. The highest BCUT2D eigenvalue weighted by Gasteiger charge is 2.39. The van der Waals surface area contributed by atoms with Gasteiger partial charge in [-0.3, -0.25) is 4.79 Å². The highest BCUT2D eigenvalue weighted by molar-refractivity contribution is 5.76. The lowest BCUT2D eigenvalue weighted by Gasteiger charge is -2.40. The number of likely N-dealkylation sites (tertiary alicyclic amines) is 1. The predicted molar refractivity (Wildman–Crippen MR) is 61.0 cm³/mol. The molecule has 1 amide bonds. The molecule has 18 heavy (non-hydrogen) atoms. The Hall–Kier alpha value is -0.780. The topological polar surface area (TPSA) is 32.3 Å². The Morgan fingerprint density at radius 3 is 2.72 bits per heavy atom. The minimum atomic E-state index is -4.24. The summed E-state index contributed by atoms with van der Waals surface area (Å²) in [4.78, 5) is 13.4. The van der Waals surface area contributed by atoms with E-state index in [1.54, 1.807) is 4.90 Å². The second-order valence-electron chi connectivity index (χ2n) is 5.46. The highest BCUT2D eigenvalue weighted by atomic mass is 19.4. The Labute approximate surface area is 105 Å². The summed E-state index contributed by atoms with van der Waals surface area (Å²) in [7, 11) is 0. The third-order valence-electron chi connectivity index (χ3n) is 3.97. The van der Waals surface area contributed by atoms with Gasteiger partial charge in [0.2, 0.25) is 5.91 Å². The van der Waals surface area contributed by atoms with Crippen molar-refractivity contribution in [1.82, 2.24) is 10.2 Å². The second-order valence-corrected chi connectivity index (χ2v) is 5.46. The van der Waals surface area contributed by atoms with Crippen LogP contribution in [0.4, 0.5) is 13.2 Å². The van der Waals surface area contributed by atoms with Crippen LogP contribution in [0.5, 0.6) is 0 Å². The second kappa shape index (κ2) is 5.07. The van der Waals surface area contributed by atoms with Crippen LogP contribution in [-0.4, -0.2) is 43.2 Å². The van der Waals surface area contributed by atoms with Gasteiger partial charge in [0.1, 0.15) is 0 Å². The van der Waals surface area contributed by atoms with Gasteiger partial charge in [-0.1, -0.05) is 0 Å². The largest absolute Gasteiger partial charge is 0.389 e.